The van der Waals surface area contributed by atoms with Crippen molar-refractivity contribution < 1.29 is 89.4 Å². The van der Waals surface area contributed by atoms with Crippen molar-refractivity contribution in [2.24, 2.45) is 0 Å². The summed E-state index contributed by atoms with van der Waals surface area (Å²) in [6.45, 7) is 1.60. The molecule has 3 heterocycles. The lowest BCUT2D eigenvalue weighted by atomic mass is 9.96. The van der Waals surface area contributed by atoms with Gasteiger partial charge in [0.2, 0.25) is 5.91 Å². The fraction of sp³-hybridized carbons (Fsp3) is 0.936. The molecule has 3 aliphatic heterocycles. The summed E-state index contributed by atoms with van der Waals surface area (Å²) >= 11 is 0. The Morgan fingerprint density at radius 3 is 1.47 bits per heavy atom. The summed E-state index contributed by atoms with van der Waals surface area (Å²) < 4.78 is 34.0. The number of carbonyl (C=O) groups is 1. The predicted molar refractivity (Wildman–Crippen MR) is 240 cm³/mol. The van der Waals surface area contributed by atoms with E-state index in [0.717, 1.165) is 51.4 Å². The smallest absolute Gasteiger partial charge is 0.220 e. The molecular weight excluding hydrogens is 867 g/mol. The molecule has 0 aromatic carbocycles. The zero-order valence-electron chi connectivity index (χ0n) is 39.4. The van der Waals surface area contributed by atoms with Gasteiger partial charge in [-0.3, -0.25) is 4.79 Å². The molecule has 0 bridgehead atoms. The molecule has 3 aliphatic rings. The van der Waals surface area contributed by atoms with Crippen molar-refractivity contribution in [1.82, 2.24) is 5.32 Å². The fourth-order valence-electron chi connectivity index (χ4n) is 8.60. The summed E-state index contributed by atoms with van der Waals surface area (Å²) in [7, 11) is 0. The molecule has 0 aromatic heterocycles. The minimum atomic E-state index is -1.97. The molecule has 66 heavy (non-hydrogen) atoms. The van der Waals surface area contributed by atoms with E-state index < -0.39 is 124 Å². The van der Waals surface area contributed by atoms with Crippen LogP contribution in [-0.2, 0) is 33.2 Å². The van der Waals surface area contributed by atoms with Crippen molar-refractivity contribution in [2.45, 2.75) is 253 Å². The van der Waals surface area contributed by atoms with Gasteiger partial charge in [-0.25, -0.2) is 0 Å². The summed E-state index contributed by atoms with van der Waals surface area (Å²) in [4.78, 5) is 13.1. The Morgan fingerprint density at radius 1 is 0.530 bits per heavy atom. The van der Waals surface area contributed by atoms with Gasteiger partial charge < -0.3 is 89.9 Å². The summed E-state index contributed by atoms with van der Waals surface area (Å²) in [5.41, 5.74) is 0. The van der Waals surface area contributed by atoms with Crippen LogP contribution in [0.4, 0.5) is 0 Å². The van der Waals surface area contributed by atoms with Gasteiger partial charge in [-0.1, -0.05) is 116 Å². The lowest BCUT2D eigenvalue weighted by Crippen LogP contribution is -2.66. The second-order valence-corrected chi connectivity index (χ2v) is 18.3. The standard InChI is InChI=1S/C47H87NO18/c1-3-5-7-9-10-11-12-13-14-15-16-17-18-19-20-21-23-25-35(53)48-30(31(52)24-22-8-6-4-2)29-61-45-41(59)38(56)43(33(27-50)63-45)66-47-42(60)39(57)44(34(28-51)64-47)65-46-40(58)37(55)36(54)32(26-49)62-46/h13-14,30-34,36-47,49-52,54-60H,3-12,15-29H2,1-2H3,(H,48,53)/b14-13-. The molecule has 17 unspecified atom stereocenters. The second kappa shape index (κ2) is 33.2. The average molecular weight is 954 g/mol. The van der Waals surface area contributed by atoms with E-state index in [1.807, 2.05) is 0 Å². The maximum absolute atomic E-state index is 13.1. The molecule has 0 aliphatic carbocycles. The number of aliphatic hydroxyl groups excluding tert-OH is 11. The average Bonchev–Trinajstić information content (AvgIpc) is 3.31. The van der Waals surface area contributed by atoms with E-state index in [9.17, 15) is 61.0 Å². The van der Waals surface area contributed by atoms with Crippen molar-refractivity contribution in [3.8, 4) is 0 Å². The number of unbranched alkanes of at least 4 members (excludes halogenated alkanes) is 16. The highest BCUT2D eigenvalue weighted by atomic mass is 16.8. The van der Waals surface area contributed by atoms with Crippen LogP contribution in [0.5, 0.6) is 0 Å². The number of ether oxygens (including phenoxy) is 6. The summed E-state index contributed by atoms with van der Waals surface area (Å²) in [5, 5.41) is 119. The van der Waals surface area contributed by atoms with Crippen LogP contribution < -0.4 is 5.32 Å². The highest BCUT2D eigenvalue weighted by Crippen LogP contribution is 2.33. The van der Waals surface area contributed by atoms with Gasteiger partial charge in [0.05, 0.1) is 38.6 Å². The van der Waals surface area contributed by atoms with Gasteiger partial charge in [0.15, 0.2) is 18.9 Å². The van der Waals surface area contributed by atoms with E-state index in [1.54, 1.807) is 0 Å². The number of rotatable bonds is 34. The Kier molecular flexibility index (Phi) is 29.6. The molecule has 1 amide bonds. The highest BCUT2D eigenvalue weighted by molar-refractivity contribution is 5.76. The van der Waals surface area contributed by atoms with Crippen molar-refractivity contribution in [1.29, 1.82) is 0 Å². The van der Waals surface area contributed by atoms with Crippen LogP contribution in [0.3, 0.4) is 0 Å². The molecule has 0 spiro atoms. The Balaban J connectivity index is 1.48. The third-order valence-corrected chi connectivity index (χ3v) is 12.8. The van der Waals surface area contributed by atoms with Crippen LogP contribution in [0, 0.1) is 0 Å². The molecule has 3 saturated heterocycles. The minimum absolute atomic E-state index is 0.258. The third kappa shape index (κ3) is 19.4. The first-order chi connectivity index (χ1) is 31.8. The van der Waals surface area contributed by atoms with E-state index in [4.69, 9.17) is 28.4 Å². The van der Waals surface area contributed by atoms with Gasteiger partial charge in [0.25, 0.3) is 0 Å². The lowest BCUT2D eigenvalue weighted by Gasteiger charge is -2.48. The SMILES string of the molecule is CCCCCCCC/C=C\CCCCCCCCCC(=O)NC(COC1OC(CO)C(OC2OC(CO)C(OC3OC(CO)C(O)C(O)C3O)C(O)C2O)C(O)C1O)C(O)CCCCCC. The number of amides is 1. The first-order valence-electron chi connectivity index (χ1n) is 24.9. The number of allylic oxidation sites excluding steroid dienone is 2. The number of carbonyl (C=O) groups excluding carboxylic acids is 1. The van der Waals surface area contributed by atoms with E-state index in [0.29, 0.717) is 19.3 Å². The first-order valence-corrected chi connectivity index (χ1v) is 24.9. The number of nitrogens with one attached hydrogen (secondary N) is 1. The lowest BCUT2D eigenvalue weighted by molar-refractivity contribution is -0.379. The Labute approximate surface area is 391 Å². The molecule has 3 fully saturated rings. The van der Waals surface area contributed by atoms with Gasteiger partial charge >= 0.3 is 0 Å². The van der Waals surface area contributed by atoms with Gasteiger partial charge in [0, 0.05) is 6.42 Å². The topological polar surface area (TPSA) is 307 Å². The van der Waals surface area contributed by atoms with Gasteiger partial charge in [-0.05, 0) is 38.5 Å². The van der Waals surface area contributed by atoms with Crippen LogP contribution in [-0.4, -0.2) is 193 Å². The zero-order valence-corrected chi connectivity index (χ0v) is 39.4. The van der Waals surface area contributed by atoms with Crippen molar-refractivity contribution in [3.05, 3.63) is 12.2 Å². The second-order valence-electron chi connectivity index (χ2n) is 18.3. The van der Waals surface area contributed by atoms with Crippen LogP contribution in [0.25, 0.3) is 0 Å². The molecule has 0 aromatic rings. The Bertz CT molecular complexity index is 1280. The minimum Gasteiger partial charge on any atom is -0.394 e. The van der Waals surface area contributed by atoms with Crippen molar-refractivity contribution in [3.63, 3.8) is 0 Å². The van der Waals surface area contributed by atoms with Crippen LogP contribution in [0.1, 0.15) is 149 Å². The van der Waals surface area contributed by atoms with E-state index in [1.165, 1.54) is 57.8 Å². The molecular formula is C47H87NO18. The van der Waals surface area contributed by atoms with E-state index in [2.05, 4.69) is 31.3 Å². The van der Waals surface area contributed by atoms with E-state index in [-0.39, 0.29) is 18.9 Å². The molecule has 388 valence electrons. The molecule has 19 heteroatoms. The van der Waals surface area contributed by atoms with Crippen LogP contribution >= 0.6 is 0 Å². The predicted octanol–water partition coefficient (Wildman–Crippen LogP) is 1.09. The fourth-order valence-corrected chi connectivity index (χ4v) is 8.60. The third-order valence-electron chi connectivity index (χ3n) is 12.8. The zero-order chi connectivity index (χ0) is 48.4. The van der Waals surface area contributed by atoms with Crippen molar-refractivity contribution >= 4 is 5.91 Å². The summed E-state index contributed by atoms with van der Waals surface area (Å²) in [5.74, 6) is -0.258. The van der Waals surface area contributed by atoms with Crippen molar-refractivity contribution in [2.75, 3.05) is 26.4 Å². The van der Waals surface area contributed by atoms with E-state index >= 15 is 0 Å². The monoisotopic (exact) mass is 954 g/mol. The maximum atomic E-state index is 13.1. The Morgan fingerprint density at radius 2 is 0.955 bits per heavy atom. The number of aliphatic hydroxyl groups is 11. The largest absolute Gasteiger partial charge is 0.394 e. The number of hydrogen-bond acceptors (Lipinski definition) is 18. The first kappa shape index (κ1) is 58.8. The van der Waals surface area contributed by atoms with Gasteiger partial charge in [-0.15, -0.1) is 0 Å². The molecule has 3 rings (SSSR count). The molecule has 0 radical (unpaired) electrons. The van der Waals surface area contributed by atoms with Gasteiger partial charge in [-0.2, -0.15) is 0 Å². The van der Waals surface area contributed by atoms with Gasteiger partial charge in [0.1, 0.15) is 73.2 Å². The molecule has 12 N–H and O–H groups in total. The Hall–Kier alpha value is -1.47. The molecule has 0 saturated carbocycles. The molecule has 17 atom stereocenters. The number of hydrogen-bond donors (Lipinski definition) is 12. The quantitative estimate of drug-likeness (QED) is 0.0317. The maximum Gasteiger partial charge on any atom is 0.220 e. The summed E-state index contributed by atoms with van der Waals surface area (Å²) in [6, 6.07) is -0.880. The van der Waals surface area contributed by atoms with Crippen LogP contribution in [0.2, 0.25) is 0 Å². The normalized spacial score (nSPS) is 33.9. The van der Waals surface area contributed by atoms with Crippen LogP contribution in [0.15, 0.2) is 12.2 Å². The highest BCUT2D eigenvalue weighted by Gasteiger charge is 2.53. The summed E-state index contributed by atoms with van der Waals surface area (Å²) in [6.07, 6.45) is -0.164. The molecule has 19 nitrogen and oxygen atoms in total.